The molecular formula is C18H28F2O3. The second-order valence-corrected chi connectivity index (χ2v) is 6.39. The number of hydrogen-bond acceptors (Lipinski definition) is 3. The topological polar surface area (TPSA) is 57.5 Å². The first-order chi connectivity index (χ1) is 10.8. The number of aliphatic hydroxyl groups is 2. The van der Waals surface area contributed by atoms with Crippen molar-refractivity contribution in [2.45, 2.75) is 70.5 Å². The van der Waals surface area contributed by atoms with Gasteiger partial charge in [-0.05, 0) is 38.2 Å². The van der Waals surface area contributed by atoms with E-state index in [2.05, 4.69) is 0 Å². The molecule has 23 heavy (non-hydrogen) atoms. The van der Waals surface area contributed by atoms with Crippen molar-refractivity contribution in [1.29, 1.82) is 0 Å². The Hall–Kier alpha value is -1.07. The van der Waals surface area contributed by atoms with Gasteiger partial charge in [0.2, 0.25) is 0 Å². The van der Waals surface area contributed by atoms with Crippen LogP contribution >= 0.6 is 0 Å². The summed E-state index contributed by atoms with van der Waals surface area (Å²) in [5.41, 5.74) is 0. The molecule has 0 heterocycles. The van der Waals surface area contributed by atoms with Crippen molar-refractivity contribution < 1.29 is 23.8 Å². The number of halogens is 2. The smallest absolute Gasteiger partial charge is 0.266 e. The average Bonchev–Trinajstić information content (AvgIpc) is 2.74. The van der Waals surface area contributed by atoms with Gasteiger partial charge in [0.25, 0.3) is 5.92 Å². The second-order valence-electron chi connectivity index (χ2n) is 6.39. The monoisotopic (exact) mass is 330 g/mol. The van der Waals surface area contributed by atoms with Crippen molar-refractivity contribution in [2.75, 3.05) is 0 Å². The van der Waals surface area contributed by atoms with E-state index in [1.54, 1.807) is 6.92 Å². The quantitative estimate of drug-likeness (QED) is 0.501. The molecule has 1 aliphatic rings. The van der Waals surface area contributed by atoms with Crippen LogP contribution in [0, 0.1) is 11.8 Å². The molecule has 5 heteroatoms. The summed E-state index contributed by atoms with van der Waals surface area (Å²) in [5.74, 6) is -3.42. The molecule has 1 saturated carbocycles. The molecule has 0 radical (unpaired) electrons. The molecule has 2 N–H and O–H groups in total. The van der Waals surface area contributed by atoms with E-state index in [4.69, 9.17) is 0 Å². The maximum Gasteiger partial charge on any atom is 0.266 e. The highest BCUT2D eigenvalue weighted by Crippen LogP contribution is 2.37. The van der Waals surface area contributed by atoms with E-state index in [0.717, 1.165) is 18.9 Å². The van der Waals surface area contributed by atoms with E-state index in [-0.39, 0.29) is 24.5 Å². The van der Waals surface area contributed by atoms with Crippen LogP contribution in [-0.2, 0) is 4.79 Å². The third-order valence-corrected chi connectivity index (χ3v) is 4.42. The molecule has 0 saturated heterocycles. The van der Waals surface area contributed by atoms with Crippen molar-refractivity contribution in [1.82, 2.24) is 0 Å². The predicted molar refractivity (Wildman–Crippen MR) is 86.3 cm³/mol. The number of aliphatic hydroxyl groups excluding tert-OH is 2. The Morgan fingerprint density at radius 1 is 1.26 bits per heavy atom. The van der Waals surface area contributed by atoms with E-state index >= 15 is 0 Å². The molecule has 1 aliphatic carbocycles. The Balaban J connectivity index is 2.56. The summed E-state index contributed by atoms with van der Waals surface area (Å²) in [6, 6.07) is 0. The van der Waals surface area contributed by atoms with Crippen molar-refractivity contribution in [3.05, 3.63) is 24.3 Å². The lowest BCUT2D eigenvalue weighted by molar-refractivity contribution is -0.117. The Labute approximate surface area is 137 Å². The number of hydrogen-bond donors (Lipinski definition) is 2. The SMILES string of the molecule is CCC(F)(F)C=C[C@@H]1[C@@H](C/C=C\CCCC(C)=O)[C@@H](O)C[C@H]1O. The van der Waals surface area contributed by atoms with Gasteiger partial charge in [-0.3, -0.25) is 0 Å². The third kappa shape index (κ3) is 6.92. The number of rotatable bonds is 9. The minimum atomic E-state index is -2.87. The molecule has 0 spiro atoms. The first-order valence-electron chi connectivity index (χ1n) is 8.34. The molecular weight excluding hydrogens is 302 g/mol. The molecule has 132 valence electrons. The molecule has 0 aliphatic heterocycles. The number of ketones is 1. The van der Waals surface area contributed by atoms with Gasteiger partial charge in [-0.1, -0.05) is 25.2 Å². The largest absolute Gasteiger partial charge is 0.393 e. The van der Waals surface area contributed by atoms with Crippen molar-refractivity contribution in [2.24, 2.45) is 11.8 Å². The van der Waals surface area contributed by atoms with Gasteiger partial charge >= 0.3 is 0 Å². The zero-order valence-electron chi connectivity index (χ0n) is 13.9. The van der Waals surface area contributed by atoms with Gasteiger partial charge in [0.15, 0.2) is 0 Å². The summed E-state index contributed by atoms with van der Waals surface area (Å²) in [6.07, 6.45) is 7.17. The summed E-state index contributed by atoms with van der Waals surface area (Å²) in [5, 5.41) is 20.0. The standard InChI is InChI=1S/C18H28F2O3/c1-3-18(19,20)11-10-15-14(16(22)12-17(15)23)9-7-5-4-6-8-13(2)21/h5,7,10-11,14-17,22-23H,3-4,6,8-9,12H2,1-2H3/b7-5-,11-10?/t14-,15-,16+,17-/m1/s1. The molecule has 0 aromatic heterocycles. The summed E-state index contributed by atoms with van der Waals surface area (Å²) in [4.78, 5) is 10.8. The molecule has 0 aromatic rings. The lowest BCUT2D eigenvalue weighted by Gasteiger charge is -2.20. The maximum atomic E-state index is 13.3. The third-order valence-electron chi connectivity index (χ3n) is 4.42. The molecule has 4 atom stereocenters. The van der Waals surface area contributed by atoms with E-state index in [1.807, 2.05) is 12.2 Å². The van der Waals surface area contributed by atoms with Gasteiger partial charge in [-0.2, -0.15) is 0 Å². The zero-order chi connectivity index (χ0) is 17.5. The molecule has 3 nitrogen and oxygen atoms in total. The van der Waals surface area contributed by atoms with Gasteiger partial charge in [0.1, 0.15) is 5.78 Å². The van der Waals surface area contributed by atoms with Crippen LogP contribution in [0.25, 0.3) is 0 Å². The first-order valence-corrected chi connectivity index (χ1v) is 8.34. The van der Waals surface area contributed by atoms with Gasteiger partial charge in [-0.25, -0.2) is 8.78 Å². The number of unbranched alkanes of at least 4 members (excludes halogenated alkanes) is 1. The lowest BCUT2D eigenvalue weighted by Crippen LogP contribution is -2.21. The molecule has 1 fully saturated rings. The number of carbonyl (C=O) groups is 1. The van der Waals surface area contributed by atoms with Crippen LogP contribution < -0.4 is 0 Å². The van der Waals surface area contributed by atoms with Crippen molar-refractivity contribution in [3.63, 3.8) is 0 Å². The predicted octanol–water partition coefficient (Wildman–Crippen LogP) is 3.65. The van der Waals surface area contributed by atoms with Crippen LogP contribution in [0.5, 0.6) is 0 Å². The number of carbonyl (C=O) groups excluding carboxylic acids is 1. The highest BCUT2D eigenvalue weighted by molar-refractivity contribution is 5.75. The van der Waals surface area contributed by atoms with Crippen LogP contribution in [-0.4, -0.2) is 34.1 Å². The summed E-state index contributed by atoms with van der Waals surface area (Å²) < 4.78 is 26.7. The molecule has 0 aromatic carbocycles. The Kier molecular flexibility index (Phi) is 8.06. The molecule has 1 rings (SSSR count). The van der Waals surface area contributed by atoms with E-state index in [9.17, 15) is 23.8 Å². The fraction of sp³-hybridized carbons (Fsp3) is 0.722. The first kappa shape index (κ1) is 20.0. The van der Waals surface area contributed by atoms with Crippen LogP contribution in [0.1, 0.15) is 52.4 Å². The van der Waals surface area contributed by atoms with E-state index in [0.29, 0.717) is 12.8 Å². The normalized spacial score (nSPS) is 29.0. The summed E-state index contributed by atoms with van der Waals surface area (Å²) in [6.45, 7) is 2.97. The van der Waals surface area contributed by atoms with Crippen LogP contribution in [0.3, 0.4) is 0 Å². The minimum absolute atomic E-state index is 0.162. The zero-order valence-corrected chi connectivity index (χ0v) is 13.9. The van der Waals surface area contributed by atoms with Gasteiger partial charge < -0.3 is 15.0 Å². The van der Waals surface area contributed by atoms with E-state index in [1.165, 1.54) is 13.0 Å². The fourth-order valence-electron chi connectivity index (χ4n) is 2.92. The Bertz CT molecular complexity index is 432. The fourth-order valence-corrected chi connectivity index (χ4v) is 2.92. The molecule has 0 amide bonds. The lowest BCUT2D eigenvalue weighted by atomic mass is 9.89. The Morgan fingerprint density at radius 2 is 1.96 bits per heavy atom. The number of allylic oxidation sites excluding steroid dienone is 3. The maximum absolute atomic E-state index is 13.3. The van der Waals surface area contributed by atoms with Gasteiger partial charge in [0, 0.05) is 25.2 Å². The molecule has 0 bridgehead atoms. The summed E-state index contributed by atoms with van der Waals surface area (Å²) >= 11 is 0. The number of alkyl halides is 2. The van der Waals surface area contributed by atoms with Crippen molar-refractivity contribution in [3.8, 4) is 0 Å². The van der Waals surface area contributed by atoms with Gasteiger partial charge in [-0.15, -0.1) is 0 Å². The number of Topliss-reactive ketones (excluding diaryl/α,β-unsaturated/α-hetero) is 1. The summed E-state index contributed by atoms with van der Waals surface area (Å²) in [7, 11) is 0. The molecule has 0 unspecified atom stereocenters. The minimum Gasteiger partial charge on any atom is -0.393 e. The van der Waals surface area contributed by atoms with Crippen molar-refractivity contribution >= 4 is 5.78 Å². The van der Waals surface area contributed by atoms with Crippen LogP contribution in [0.2, 0.25) is 0 Å². The van der Waals surface area contributed by atoms with E-state index < -0.39 is 24.0 Å². The van der Waals surface area contributed by atoms with Crippen LogP contribution in [0.4, 0.5) is 8.78 Å². The van der Waals surface area contributed by atoms with Gasteiger partial charge in [0.05, 0.1) is 12.2 Å². The second kappa shape index (κ2) is 9.28. The highest BCUT2D eigenvalue weighted by Gasteiger charge is 2.40. The highest BCUT2D eigenvalue weighted by atomic mass is 19.3. The average molecular weight is 330 g/mol. The Morgan fingerprint density at radius 3 is 2.57 bits per heavy atom. The van der Waals surface area contributed by atoms with Crippen LogP contribution in [0.15, 0.2) is 24.3 Å².